The average Bonchev–Trinajstić information content (AvgIpc) is 2.91. The number of pyridine rings is 1. The molecule has 0 radical (unpaired) electrons. The first-order chi connectivity index (χ1) is 11.0. The summed E-state index contributed by atoms with van der Waals surface area (Å²) in [6.07, 6.45) is 1.69. The zero-order valence-corrected chi connectivity index (χ0v) is 13.9. The van der Waals surface area contributed by atoms with E-state index in [9.17, 15) is 0 Å². The van der Waals surface area contributed by atoms with Crippen molar-refractivity contribution < 1.29 is 4.74 Å². The lowest BCUT2D eigenvalue weighted by molar-refractivity contribution is 0.0889. The minimum absolute atomic E-state index is 0.541. The van der Waals surface area contributed by atoms with Gasteiger partial charge in [-0.2, -0.15) is 0 Å². The molecule has 0 aliphatic heterocycles. The Balaban J connectivity index is 1.97. The molecule has 0 saturated carbocycles. The summed E-state index contributed by atoms with van der Waals surface area (Å²) in [5.41, 5.74) is 0.152. The van der Waals surface area contributed by atoms with E-state index in [0.717, 1.165) is 5.56 Å². The molecule has 1 aromatic carbocycles. The standard InChI is InChI=1S/C17H17ClN4O/c1-17(2,23-14-10-6-7-11-19-14)16-21-20-15(22(16)3)12-8-4-5-9-13(12)18/h4-11H,1-3H3. The van der Waals surface area contributed by atoms with Gasteiger partial charge in [0, 0.05) is 24.9 Å². The van der Waals surface area contributed by atoms with Crippen molar-refractivity contribution in [1.82, 2.24) is 19.7 Å². The van der Waals surface area contributed by atoms with Gasteiger partial charge in [-0.05, 0) is 32.0 Å². The molecule has 0 aliphatic rings. The third kappa shape index (κ3) is 3.05. The summed E-state index contributed by atoms with van der Waals surface area (Å²) < 4.78 is 7.87. The van der Waals surface area contributed by atoms with Crippen LogP contribution in [0.15, 0.2) is 48.7 Å². The van der Waals surface area contributed by atoms with Crippen LogP contribution in [0.5, 0.6) is 5.88 Å². The van der Waals surface area contributed by atoms with Gasteiger partial charge in [-0.15, -0.1) is 10.2 Å². The van der Waals surface area contributed by atoms with Gasteiger partial charge in [0.05, 0.1) is 5.02 Å². The van der Waals surface area contributed by atoms with Crippen molar-refractivity contribution >= 4 is 11.6 Å². The largest absolute Gasteiger partial charge is 0.463 e. The van der Waals surface area contributed by atoms with Crippen LogP contribution in [-0.4, -0.2) is 19.7 Å². The summed E-state index contributed by atoms with van der Waals surface area (Å²) in [6, 6.07) is 13.1. The van der Waals surface area contributed by atoms with Gasteiger partial charge in [0.25, 0.3) is 0 Å². The Morgan fingerprint density at radius 1 is 1.04 bits per heavy atom. The molecule has 0 spiro atoms. The van der Waals surface area contributed by atoms with Crippen molar-refractivity contribution in [2.45, 2.75) is 19.4 Å². The van der Waals surface area contributed by atoms with Gasteiger partial charge in [-0.25, -0.2) is 4.98 Å². The van der Waals surface area contributed by atoms with Crippen molar-refractivity contribution in [3.8, 4) is 17.3 Å². The SMILES string of the molecule is Cn1c(-c2ccccc2Cl)nnc1C(C)(C)Oc1ccccn1. The van der Waals surface area contributed by atoms with E-state index in [-0.39, 0.29) is 0 Å². The van der Waals surface area contributed by atoms with Gasteiger partial charge in [0.2, 0.25) is 5.88 Å². The molecular formula is C17H17ClN4O. The maximum Gasteiger partial charge on any atom is 0.214 e. The van der Waals surface area contributed by atoms with Crippen LogP contribution in [-0.2, 0) is 12.6 Å². The minimum atomic E-state index is -0.685. The smallest absolute Gasteiger partial charge is 0.214 e. The van der Waals surface area contributed by atoms with Gasteiger partial charge in [0.15, 0.2) is 17.2 Å². The summed E-state index contributed by atoms with van der Waals surface area (Å²) in [5.74, 6) is 1.93. The number of benzene rings is 1. The summed E-state index contributed by atoms with van der Waals surface area (Å²) in [5, 5.41) is 9.22. The summed E-state index contributed by atoms with van der Waals surface area (Å²) in [7, 11) is 1.90. The lowest BCUT2D eigenvalue weighted by atomic mass is 10.1. The van der Waals surface area contributed by atoms with Crippen LogP contribution in [0, 0.1) is 0 Å². The van der Waals surface area contributed by atoms with Crippen LogP contribution in [0.2, 0.25) is 5.02 Å². The molecular weight excluding hydrogens is 312 g/mol. The van der Waals surface area contributed by atoms with Gasteiger partial charge >= 0.3 is 0 Å². The van der Waals surface area contributed by atoms with Crippen LogP contribution in [0.4, 0.5) is 0 Å². The molecule has 0 fully saturated rings. The maximum atomic E-state index is 6.26. The first-order valence-corrected chi connectivity index (χ1v) is 7.61. The molecule has 0 N–H and O–H groups in total. The normalized spacial score (nSPS) is 11.5. The van der Waals surface area contributed by atoms with Crippen LogP contribution < -0.4 is 4.74 Å². The molecule has 23 heavy (non-hydrogen) atoms. The monoisotopic (exact) mass is 328 g/mol. The second kappa shape index (κ2) is 6.01. The molecule has 2 aromatic heterocycles. The van der Waals surface area contributed by atoms with E-state index in [1.54, 1.807) is 6.20 Å². The Morgan fingerprint density at radius 2 is 1.78 bits per heavy atom. The Bertz CT molecular complexity index is 814. The second-order valence-electron chi connectivity index (χ2n) is 5.67. The van der Waals surface area contributed by atoms with Crippen molar-refractivity contribution in [2.75, 3.05) is 0 Å². The molecule has 3 rings (SSSR count). The molecule has 3 aromatic rings. The fourth-order valence-corrected chi connectivity index (χ4v) is 2.67. The van der Waals surface area contributed by atoms with Gasteiger partial charge in [-0.1, -0.05) is 29.8 Å². The predicted octanol–water partition coefficient (Wildman–Crippen LogP) is 3.84. The van der Waals surface area contributed by atoms with Crippen LogP contribution in [0.3, 0.4) is 0 Å². The van der Waals surface area contributed by atoms with Gasteiger partial charge in [-0.3, -0.25) is 0 Å². The third-order valence-electron chi connectivity index (χ3n) is 3.53. The molecule has 6 heteroatoms. The second-order valence-corrected chi connectivity index (χ2v) is 6.07. The highest BCUT2D eigenvalue weighted by Gasteiger charge is 2.30. The van der Waals surface area contributed by atoms with E-state index in [1.807, 2.05) is 67.9 Å². The van der Waals surface area contributed by atoms with Crippen molar-refractivity contribution in [2.24, 2.45) is 7.05 Å². The number of aromatic nitrogens is 4. The highest BCUT2D eigenvalue weighted by atomic mass is 35.5. The molecule has 0 unspecified atom stereocenters. The van der Waals surface area contributed by atoms with Crippen LogP contribution in [0.25, 0.3) is 11.4 Å². The summed E-state index contributed by atoms with van der Waals surface area (Å²) >= 11 is 6.26. The van der Waals surface area contributed by atoms with Gasteiger partial charge in [0.1, 0.15) is 0 Å². The van der Waals surface area contributed by atoms with E-state index >= 15 is 0 Å². The molecule has 5 nitrogen and oxygen atoms in total. The summed E-state index contributed by atoms with van der Waals surface area (Å²) in [6.45, 7) is 3.87. The molecule has 0 bridgehead atoms. The van der Waals surface area contributed by atoms with E-state index in [4.69, 9.17) is 16.3 Å². The Kier molecular flexibility index (Phi) is 4.05. The zero-order valence-electron chi connectivity index (χ0n) is 13.2. The van der Waals surface area contributed by atoms with Crippen LogP contribution in [0.1, 0.15) is 19.7 Å². The van der Waals surface area contributed by atoms with Crippen molar-refractivity contribution in [1.29, 1.82) is 0 Å². The Morgan fingerprint density at radius 3 is 2.48 bits per heavy atom. The molecule has 118 valence electrons. The quantitative estimate of drug-likeness (QED) is 0.730. The molecule has 0 aliphatic carbocycles. The van der Waals surface area contributed by atoms with Gasteiger partial charge < -0.3 is 9.30 Å². The van der Waals surface area contributed by atoms with Crippen molar-refractivity contribution in [3.63, 3.8) is 0 Å². The highest BCUT2D eigenvalue weighted by molar-refractivity contribution is 6.33. The summed E-state index contributed by atoms with van der Waals surface area (Å²) in [4.78, 5) is 4.20. The predicted molar refractivity (Wildman–Crippen MR) is 89.3 cm³/mol. The number of halogens is 1. The lowest BCUT2D eigenvalue weighted by Gasteiger charge is -2.24. The number of hydrogen-bond acceptors (Lipinski definition) is 4. The molecule has 2 heterocycles. The topological polar surface area (TPSA) is 52.8 Å². The third-order valence-corrected chi connectivity index (χ3v) is 3.86. The number of nitrogens with zero attached hydrogens (tertiary/aromatic N) is 4. The molecule has 0 saturated heterocycles. The lowest BCUT2D eigenvalue weighted by Crippen LogP contribution is -2.29. The van der Waals surface area contributed by atoms with Crippen molar-refractivity contribution in [3.05, 3.63) is 59.5 Å². The fraction of sp³-hybridized carbons (Fsp3) is 0.235. The average molecular weight is 329 g/mol. The van der Waals surface area contributed by atoms with E-state index in [0.29, 0.717) is 22.6 Å². The number of hydrogen-bond donors (Lipinski definition) is 0. The van der Waals surface area contributed by atoms with Crippen LogP contribution >= 0.6 is 11.6 Å². The first-order valence-electron chi connectivity index (χ1n) is 7.24. The Hall–Kier alpha value is -2.40. The van der Waals surface area contributed by atoms with E-state index < -0.39 is 5.60 Å². The number of ether oxygens (including phenoxy) is 1. The highest BCUT2D eigenvalue weighted by Crippen LogP contribution is 2.30. The van der Waals surface area contributed by atoms with E-state index in [1.165, 1.54) is 0 Å². The Labute approximate surface area is 139 Å². The number of rotatable bonds is 4. The molecule has 0 atom stereocenters. The first kappa shape index (κ1) is 15.5. The maximum absolute atomic E-state index is 6.26. The fourth-order valence-electron chi connectivity index (χ4n) is 2.45. The van der Waals surface area contributed by atoms with E-state index in [2.05, 4.69) is 15.2 Å². The zero-order chi connectivity index (χ0) is 16.4. The minimum Gasteiger partial charge on any atom is -0.463 e. The molecule has 0 amide bonds.